The zero-order valence-electron chi connectivity index (χ0n) is 13.1. The molecule has 2 aromatic carbocycles. The lowest BCUT2D eigenvalue weighted by Gasteiger charge is -2.09. The summed E-state index contributed by atoms with van der Waals surface area (Å²) in [5, 5.41) is 5.71. The monoisotopic (exact) mass is 376 g/mol. The molecular weight excluding hydrogens is 356 g/mol. The minimum absolute atomic E-state index is 0.158. The van der Waals surface area contributed by atoms with E-state index in [1.165, 1.54) is 5.56 Å². The van der Waals surface area contributed by atoms with E-state index in [1.807, 2.05) is 49.4 Å². The minimum atomic E-state index is -0.158. The molecule has 122 valence electrons. The summed E-state index contributed by atoms with van der Waals surface area (Å²) in [6, 6.07) is 15.6. The smallest absolute Gasteiger partial charge is 0.315 e. The first-order chi connectivity index (χ1) is 11.2. The van der Waals surface area contributed by atoms with Crippen molar-refractivity contribution in [3.8, 4) is 5.75 Å². The fraction of sp³-hybridized carbons (Fsp3) is 0.278. The molecule has 2 N–H and O–H groups in total. The molecule has 5 heteroatoms. The van der Waals surface area contributed by atoms with E-state index in [1.54, 1.807) is 0 Å². The number of benzene rings is 2. The molecule has 0 saturated carbocycles. The van der Waals surface area contributed by atoms with E-state index in [9.17, 15) is 4.79 Å². The Kier molecular flexibility index (Phi) is 6.94. The Hall–Kier alpha value is -2.01. The predicted molar refractivity (Wildman–Crippen MR) is 95.7 cm³/mol. The lowest BCUT2D eigenvalue weighted by molar-refractivity contribution is 0.240. The van der Waals surface area contributed by atoms with Crippen LogP contribution in [0.15, 0.2) is 53.0 Å². The molecule has 0 heterocycles. The predicted octanol–water partition coefficient (Wildman–Crippen LogP) is 3.89. The summed E-state index contributed by atoms with van der Waals surface area (Å²) < 4.78 is 6.44. The van der Waals surface area contributed by atoms with Gasteiger partial charge in [0.1, 0.15) is 5.75 Å². The third kappa shape index (κ3) is 6.32. The molecule has 0 aromatic heterocycles. The Bertz CT molecular complexity index is 629. The maximum absolute atomic E-state index is 11.8. The number of hydrogen-bond donors (Lipinski definition) is 2. The molecule has 0 fully saturated rings. The fourth-order valence-corrected chi connectivity index (χ4v) is 2.57. The highest BCUT2D eigenvalue weighted by Gasteiger charge is 2.01. The van der Waals surface area contributed by atoms with Crippen molar-refractivity contribution in [2.24, 2.45) is 0 Å². The molecule has 2 amide bonds. The molecule has 23 heavy (non-hydrogen) atoms. The number of nitrogens with one attached hydrogen (secondary N) is 2. The van der Waals surface area contributed by atoms with Gasteiger partial charge >= 0.3 is 6.03 Å². The van der Waals surface area contributed by atoms with Crippen LogP contribution < -0.4 is 15.4 Å². The van der Waals surface area contributed by atoms with Gasteiger partial charge in [0, 0.05) is 17.6 Å². The molecule has 0 atom stereocenters. The summed E-state index contributed by atoms with van der Waals surface area (Å²) in [7, 11) is 0. The van der Waals surface area contributed by atoms with Crippen molar-refractivity contribution in [3.63, 3.8) is 0 Å². The van der Waals surface area contributed by atoms with Gasteiger partial charge in [-0.05, 0) is 48.7 Å². The molecule has 2 aromatic rings. The van der Waals surface area contributed by atoms with Crippen LogP contribution in [0.4, 0.5) is 4.79 Å². The molecule has 0 radical (unpaired) electrons. The third-order valence-corrected chi connectivity index (χ3v) is 3.77. The molecule has 0 bridgehead atoms. The van der Waals surface area contributed by atoms with Crippen LogP contribution >= 0.6 is 15.9 Å². The van der Waals surface area contributed by atoms with Gasteiger partial charge in [-0.15, -0.1) is 0 Å². The largest absolute Gasteiger partial charge is 0.494 e. The summed E-state index contributed by atoms with van der Waals surface area (Å²) in [5.41, 5.74) is 2.22. The van der Waals surface area contributed by atoms with Crippen molar-refractivity contribution in [1.82, 2.24) is 10.6 Å². The molecule has 4 nitrogen and oxygen atoms in total. The summed E-state index contributed by atoms with van der Waals surface area (Å²) in [4.78, 5) is 11.8. The topological polar surface area (TPSA) is 50.4 Å². The van der Waals surface area contributed by atoms with E-state index in [0.29, 0.717) is 19.7 Å². The Morgan fingerprint density at radius 3 is 2.57 bits per heavy atom. The number of rotatable bonds is 7. The van der Waals surface area contributed by atoms with Crippen molar-refractivity contribution in [3.05, 3.63) is 64.1 Å². The number of amides is 2. The van der Waals surface area contributed by atoms with E-state index in [-0.39, 0.29) is 6.03 Å². The number of halogens is 1. The van der Waals surface area contributed by atoms with E-state index in [0.717, 1.165) is 22.2 Å². The number of carbonyl (C=O) groups excluding carboxylic acids is 1. The van der Waals surface area contributed by atoms with Gasteiger partial charge < -0.3 is 15.4 Å². The summed E-state index contributed by atoms with van der Waals surface area (Å²) in [6.07, 6.45) is 0.802. The minimum Gasteiger partial charge on any atom is -0.494 e. The first-order valence-electron chi connectivity index (χ1n) is 7.65. The Labute approximate surface area is 145 Å². The lowest BCUT2D eigenvalue weighted by Crippen LogP contribution is -2.36. The normalized spacial score (nSPS) is 10.2. The highest BCUT2D eigenvalue weighted by Crippen LogP contribution is 2.12. The van der Waals surface area contributed by atoms with E-state index < -0.39 is 0 Å². The molecule has 0 saturated heterocycles. The van der Waals surface area contributed by atoms with Crippen LogP contribution in [0.5, 0.6) is 5.75 Å². The molecule has 0 aliphatic rings. The van der Waals surface area contributed by atoms with Gasteiger partial charge in [0.25, 0.3) is 0 Å². The Morgan fingerprint density at radius 2 is 1.87 bits per heavy atom. The first kappa shape index (κ1) is 17.3. The van der Waals surface area contributed by atoms with Crippen LogP contribution in [-0.4, -0.2) is 19.2 Å². The van der Waals surface area contributed by atoms with Gasteiger partial charge in [-0.1, -0.05) is 40.2 Å². The van der Waals surface area contributed by atoms with Crippen molar-refractivity contribution in [1.29, 1.82) is 0 Å². The molecule has 0 aliphatic heterocycles. The highest BCUT2D eigenvalue weighted by molar-refractivity contribution is 9.10. The molecule has 0 unspecified atom stereocenters. The molecule has 2 rings (SSSR count). The van der Waals surface area contributed by atoms with Crippen LogP contribution in [0, 0.1) is 0 Å². The van der Waals surface area contributed by atoms with Crippen LogP contribution in [0.3, 0.4) is 0 Å². The van der Waals surface area contributed by atoms with E-state index in [2.05, 4.69) is 32.6 Å². The second-order valence-electron chi connectivity index (χ2n) is 5.07. The van der Waals surface area contributed by atoms with Crippen molar-refractivity contribution < 1.29 is 9.53 Å². The van der Waals surface area contributed by atoms with Crippen LogP contribution in [0.25, 0.3) is 0 Å². The van der Waals surface area contributed by atoms with Gasteiger partial charge in [0.2, 0.25) is 0 Å². The number of urea groups is 1. The van der Waals surface area contributed by atoms with Crippen LogP contribution in [0.2, 0.25) is 0 Å². The zero-order chi connectivity index (χ0) is 16.5. The van der Waals surface area contributed by atoms with Gasteiger partial charge in [-0.3, -0.25) is 0 Å². The lowest BCUT2D eigenvalue weighted by atomic mass is 10.1. The second-order valence-corrected chi connectivity index (χ2v) is 5.98. The fourth-order valence-electron chi connectivity index (χ4n) is 2.13. The molecule has 0 spiro atoms. The number of carbonyl (C=O) groups is 1. The van der Waals surface area contributed by atoms with E-state index >= 15 is 0 Å². The van der Waals surface area contributed by atoms with Crippen molar-refractivity contribution in [2.45, 2.75) is 19.9 Å². The average Bonchev–Trinajstić information content (AvgIpc) is 2.55. The standard InChI is InChI=1S/C18H21BrN2O2/c1-2-23-17-8-6-15(7-9-17)13-21-18(22)20-11-10-14-4-3-5-16(19)12-14/h3-9,12H,2,10-11,13H2,1H3,(H2,20,21,22). The van der Waals surface area contributed by atoms with E-state index in [4.69, 9.17) is 4.74 Å². The van der Waals surface area contributed by atoms with Crippen molar-refractivity contribution >= 4 is 22.0 Å². The van der Waals surface area contributed by atoms with Gasteiger partial charge in [0.05, 0.1) is 6.61 Å². The summed E-state index contributed by atoms with van der Waals surface area (Å²) >= 11 is 3.44. The SMILES string of the molecule is CCOc1ccc(CNC(=O)NCCc2cccc(Br)c2)cc1. The average molecular weight is 377 g/mol. The maximum atomic E-state index is 11.8. The zero-order valence-corrected chi connectivity index (χ0v) is 14.7. The Balaban J connectivity index is 1.68. The maximum Gasteiger partial charge on any atom is 0.315 e. The summed E-state index contributed by atoms with van der Waals surface area (Å²) in [6.45, 7) is 3.70. The van der Waals surface area contributed by atoms with Gasteiger partial charge in [-0.2, -0.15) is 0 Å². The third-order valence-electron chi connectivity index (χ3n) is 3.28. The summed E-state index contributed by atoms with van der Waals surface area (Å²) in [5.74, 6) is 0.842. The Morgan fingerprint density at radius 1 is 1.09 bits per heavy atom. The van der Waals surface area contributed by atoms with Crippen LogP contribution in [0.1, 0.15) is 18.1 Å². The van der Waals surface area contributed by atoms with Crippen molar-refractivity contribution in [2.75, 3.05) is 13.2 Å². The van der Waals surface area contributed by atoms with Gasteiger partial charge in [0.15, 0.2) is 0 Å². The molecular formula is C18H21BrN2O2. The molecule has 0 aliphatic carbocycles. The van der Waals surface area contributed by atoms with Crippen LogP contribution in [-0.2, 0) is 13.0 Å². The van der Waals surface area contributed by atoms with Gasteiger partial charge in [-0.25, -0.2) is 4.79 Å². The quantitative estimate of drug-likeness (QED) is 0.769. The number of ether oxygens (including phenoxy) is 1. The second kappa shape index (κ2) is 9.20. The first-order valence-corrected chi connectivity index (χ1v) is 8.44. The highest BCUT2D eigenvalue weighted by atomic mass is 79.9. The number of hydrogen-bond acceptors (Lipinski definition) is 2.